The highest BCUT2D eigenvalue weighted by molar-refractivity contribution is 5.16. The highest BCUT2D eigenvalue weighted by Crippen LogP contribution is 2.47. The van der Waals surface area contributed by atoms with E-state index in [9.17, 15) is 0 Å². The summed E-state index contributed by atoms with van der Waals surface area (Å²) in [6, 6.07) is 12.9. The molecule has 0 amide bonds. The molecule has 1 aliphatic carbocycles. The molecule has 0 radical (unpaired) electrons. The zero-order valence-electron chi connectivity index (χ0n) is 13.2. The first kappa shape index (κ1) is 15.3. The van der Waals surface area contributed by atoms with Crippen molar-refractivity contribution in [2.24, 2.45) is 11.3 Å². The van der Waals surface area contributed by atoms with Crippen LogP contribution in [0.15, 0.2) is 40.9 Å². The number of benzene rings is 1. The summed E-state index contributed by atoms with van der Waals surface area (Å²) < 4.78 is 5.07. The smallest absolute Gasteiger partial charge is 0.162 e. The van der Waals surface area contributed by atoms with Gasteiger partial charge in [0.25, 0.3) is 0 Å². The van der Waals surface area contributed by atoms with E-state index in [0.717, 1.165) is 25.1 Å². The molecular formula is C18H24N2O2. The van der Waals surface area contributed by atoms with Gasteiger partial charge in [-0.25, -0.2) is 0 Å². The molecule has 0 bridgehead atoms. The Labute approximate surface area is 131 Å². The van der Waals surface area contributed by atoms with Crippen LogP contribution in [0, 0.1) is 11.3 Å². The van der Waals surface area contributed by atoms with Crippen molar-refractivity contribution in [2.45, 2.75) is 45.9 Å². The fraction of sp³-hybridized carbons (Fsp3) is 0.500. The lowest BCUT2D eigenvalue weighted by Gasteiger charge is -2.52. The Kier molecular flexibility index (Phi) is 4.32. The minimum absolute atomic E-state index is 0.0810. The molecule has 0 aliphatic heterocycles. The van der Waals surface area contributed by atoms with Gasteiger partial charge in [0, 0.05) is 18.7 Å². The van der Waals surface area contributed by atoms with Gasteiger partial charge in [0.05, 0.1) is 5.69 Å². The summed E-state index contributed by atoms with van der Waals surface area (Å²) in [6.45, 7) is 5.47. The van der Waals surface area contributed by atoms with Crippen LogP contribution in [0.1, 0.15) is 37.3 Å². The minimum atomic E-state index is -0.0810. The second kappa shape index (κ2) is 6.23. The minimum Gasteiger partial charge on any atom is -0.388 e. The molecule has 3 rings (SSSR count). The van der Waals surface area contributed by atoms with E-state index in [1.165, 1.54) is 5.56 Å². The molecule has 0 unspecified atom stereocenters. The Morgan fingerprint density at radius 2 is 2.09 bits per heavy atom. The number of hydrogen-bond acceptors (Lipinski definition) is 4. The number of nitrogens with one attached hydrogen (secondary N) is 1. The molecule has 4 nitrogen and oxygen atoms in total. The molecule has 1 fully saturated rings. The first-order chi connectivity index (χ1) is 10.6. The van der Waals surface area contributed by atoms with Gasteiger partial charge >= 0.3 is 0 Å². The van der Waals surface area contributed by atoms with Crippen LogP contribution < -0.4 is 5.32 Å². The van der Waals surface area contributed by atoms with Gasteiger partial charge in [-0.05, 0) is 29.7 Å². The van der Waals surface area contributed by atoms with E-state index < -0.39 is 0 Å². The summed E-state index contributed by atoms with van der Waals surface area (Å²) in [5, 5.41) is 16.7. The van der Waals surface area contributed by atoms with Crippen molar-refractivity contribution in [3.05, 3.63) is 53.4 Å². The molecular weight excluding hydrogens is 276 g/mol. The van der Waals surface area contributed by atoms with Crippen LogP contribution in [0.4, 0.5) is 0 Å². The molecule has 1 aliphatic rings. The molecule has 4 heteroatoms. The third-order valence-electron chi connectivity index (χ3n) is 5.09. The lowest BCUT2D eigenvalue weighted by Crippen LogP contribution is -2.57. The van der Waals surface area contributed by atoms with Gasteiger partial charge in [-0.15, -0.1) is 0 Å². The lowest BCUT2D eigenvalue weighted by atomic mass is 9.57. The Morgan fingerprint density at radius 1 is 1.32 bits per heavy atom. The Hall–Kier alpha value is -1.65. The van der Waals surface area contributed by atoms with Crippen molar-refractivity contribution < 1.29 is 9.63 Å². The molecule has 2 aromatic rings. The summed E-state index contributed by atoms with van der Waals surface area (Å²) in [4.78, 5) is 0. The van der Waals surface area contributed by atoms with Gasteiger partial charge in [-0.2, -0.15) is 0 Å². The third kappa shape index (κ3) is 3.08. The van der Waals surface area contributed by atoms with Crippen LogP contribution in [-0.2, 0) is 19.6 Å². The summed E-state index contributed by atoms with van der Waals surface area (Å²) in [7, 11) is 0. The molecule has 0 saturated heterocycles. The third-order valence-corrected chi connectivity index (χ3v) is 5.09. The van der Waals surface area contributed by atoms with E-state index in [0.29, 0.717) is 17.7 Å². The molecule has 118 valence electrons. The monoisotopic (exact) mass is 300 g/mol. The summed E-state index contributed by atoms with van der Waals surface area (Å²) >= 11 is 0. The van der Waals surface area contributed by atoms with E-state index in [4.69, 9.17) is 9.63 Å². The lowest BCUT2D eigenvalue weighted by molar-refractivity contribution is 0.0125. The molecule has 1 saturated carbocycles. The van der Waals surface area contributed by atoms with Crippen LogP contribution >= 0.6 is 0 Å². The zero-order valence-corrected chi connectivity index (χ0v) is 13.2. The first-order valence-corrected chi connectivity index (χ1v) is 7.92. The zero-order chi connectivity index (χ0) is 15.6. The standard InChI is InChI=1S/C18H24N2O2/c1-18(2)14(8-15-10-16(12-21)22-20-15)9-17(18)19-11-13-6-4-3-5-7-13/h3-7,10,14,17,19,21H,8-9,11-12H2,1-2H3/t14-,17+/m1/s1. The molecule has 1 aromatic carbocycles. The van der Waals surface area contributed by atoms with Crippen molar-refractivity contribution >= 4 is 0 Å². The van der Waals surface area contributed by atoms with Crippen LogP contribution in [-0.4, -0.2) is 16.3 Å². The van der Waals surface area contributed by atoms with E-state index in [2.05, 4.69) is 48.6 Å². The Morgan fingerprint density at radius 3 is 2.73 bits per heavy atom. The van der Waals surface area contributed by atoms with E-state index in [1.807, 2.05) is 12.1 Å². The normalized spacial score (nSPS) is 23.2. The maximum Gasteiger partial charge on any atom is 0.162 e. The van der Waals surface area contributed by atoms with Crippen LogP contribution in [0.3, 0.4) is 0 Å². The maximum atomic E-state index is 9.04. The Balaban J connectivity index is 1.53. The van der Waals surface area contributed by atoms with Crippen molar-refractivity contribution in [1.29, 1.82) is 0 Å². The summed E-state index contributed by atoms with van der Waals surface area (Å²) in [5.74, 6) is 1.14. The van der Waals surface area contributed by atoms with Gasteiger partial charge in [0.2, 0.25) is 0 Å². The predicted octanol–water partition coefficient (Wildman–Crippen LogP) is 2.91. The fourth-order valence-electron chi connectivity index (χ4n) is 3.32. The van der Waals surface area contributed by atoms with Gasteiger partial charge < -0.3 is 14.9 Å². The van der Waals surface area contributed by atoms with E-state index in [1.54, 1.807) is 0 Å². The molecule has 0 spiro atoms. The highest BCUT2D eigenvalue weighted by Gasteiger charge is 2.47. The predicted molar refractivity (Wildman–Crippen MR) is 85.1 cm³/mol. The van der Waals surface area contributed by atoms with Crippen LogP contribution in [0.5, 0.6) is 0 Å². The second-order valence-electron chi connectivity index (χ2n) is 6.82. The highest BCUT2D eigenvalue weighted by atomic mass is 16.5. The van der Waals surface area contributed by atoms with Crippen molar-refractivity contribution in [1.82, 2.24) is 10.5 Å². The number of aliphatic hydroxyl groups excluding tert-OH is 1. The average molecular weight is 300 g/mol. The SMILES string of the molecule is CC1(C)[C@H](Cc2cc(CO)on2)C[C@@H]1NCc1ccccc1. The molecule has 22 heavy (non-hydrogen) atoms. The van der Waals surface area contributed by atoms with Crippen molar-refractivity contribution in [2.75, 3.05) is 0 Å². The number of nitrogens with zero attached hydrogens (tertiary/aromatic N) is 1. The van der Waals surface area contributed by atoms with Crippen LogP contribution in [0.2, 0.25) is 0 Å². The number of aliphatic hydroxyl groups is 1. The van der Waals surface area contributed by atoms with Crippen molar-refractivity contribution in [3.63, 3.8) is 0 Å². The summed E-state index contributed by atoms with van der Waals surface area (Å²) in [5.41, 5.74) is 2.52. The molecule has 1 aromatic heterocycles. The first-order valence-electron chi connectivity index (χ1n) is 7.92. The van der Waals surface area contributed by atoms with E-state index in [-0.39, 0.29) is 12.0 Å². The molecule has 1 heterocycles. The maximum absolute atomic E-state index is 9.04. The van der Waals surface area contributed by atoms with Crippen LogP contribution in [0.25, 0.3) is 0 Å². The van der Waals surface area contributed by atoms with Gasteiger partial charge in [-0.3, -0.25) is 0 Å². The topological polar surface area (TPSA) is 58.3 Å². The largest absolute Gasteiger partial charge is 0.388 e. The quantitative estimate of drug-likeness (QED) is 0.861. The summed E-state index contributed by atoms with van der Waals surface area (Å²) in [6.07, 6.45) is 2.07. The fourth-order valence-corrected chi connectivity index (χ4v) is 3.32. The van der Waals surface area contributed by atoms with Gasteiger partial charge in [0.15, 0.2) is 5.76 Å². The van der Waals surface area contributed by atoms with Gasteiger partial charge in [-0.1, -0.05) is 49.3 Å². The molecule has 2 N–H and O–H groups in total. The second-order valence-corrected chi connectivity index (χ2v) is 6.82. The number of aromatic nitrogens is 1. The van der Waals surface area contributed by atoms with Gasteiger partial charge in [0.1, 0.15) is 6.61 Å². The number of rotatable bonds is 6. The molecule has 2 atom stereocenters. The van der Waals surface area contributed by atoms with Crippen molar-refractivity contribution in [3.8, 4) is 0 Å². The Bertz CT molecular complexity index is 607. The average Bonchev–Trinajstić information content (AvgIpc) is 2.99. The number of hydrogen-bond donors (Lipinski definition) is 2. The van der Waals surface area contributed by atoms with E-state index >= 15 is 0 Å².